The zero-order valence-electron chi connectivity index (χ0n) is 16.6. The van der Waals surface area contributed by atoms with Gasteiger partial charge in [-0.25, -0.2) is 9.78 Å². The maximum Gasteiger partial charge on any atom is 0.349 e. The zero-order chi connectivity index (χ0) is 21.0. The number of ether oxygens (including phenoxy) is 1. The summed E-state index contributed by atoms with van der Waals surface area (Å²) in [6.45, 7) is 5.61. The van der Waals surface area contributed by atoms with Crippen molar-refractivity contribution in [1.82, 2.24) is 14.9 Å². The number of fused-ring (bicyclic) bond motifs is 1. The number of aromatic nitrogens is 2. The molecule has 1 unspecified atom stereocenters. The van der Waals surface area contributed by atoms with Gasteiger partial charge in [-0.2, -0.15) is 0 Å². The first kappa shape index (κ1) is 20.7. The number of rotatable bonds is 7. The van der Waals surface area contributed by atoms with Crippen LogP contribution in [0.3, 0.4) is 0 Å². The molecule has 2 aromatic heterocycles. The van der Waals surface area contributed by atoms with Crippen molar-refractivity contribution in [3.63, 3.8) is 0 Å². The van der Waals surface area contributed by atoms with Crippen LogP contribution in [0.1, 0.15) is 41.1 Å². The lowest BCUT2D eigenvalue weighted by Gasteiger charge is -2.12. The summed E-state index contributed by atoms with van der Waals surface area (Å²) in [5.41, 5.74) is 1.06. The third-order valence-corrected chi connectivity index (χ3v) is 5.83. The molecule has 0 bridgehead atoms. The first-order valence-corrected chi connectivity index (χ1v) is 10.2. The number of amides is 1. The van der Waals surface area contributed by atoms with Crippen LogP contribution in [0.5, 0.6) is 0 Å². The number of nitrogens with zero attached hydrogens (tertiary/aromatic N) is 2. The fourth-order valence-corrected chi connectivity index (χ4v) is 3.87. The molecule has 0 radical (unpaired) electrons. The summed E-state index contributed by atoms with van der Waals surface area (Å²) < 4.78 is 6.65. The normalized spacial score (nSPS) is 12.0. The van der Waals surface area contributed by atoms with Crippen molar-refractivity contribution in [2.75, 3.05) is 0 Å². The summed E-state index contributed by atoms with van der Waals surface area (Å²) in [6, 6.07) is 9.41. The second-order valence-electron chi connectivity index (χ2n) is 6.85. The predicted molar refractivity (Wildman–Crippen MR) is 112 cm³/mol. The average Bonchev–Trinajstić information content (AvgIpc) is 3.06. The van der Waals surface area contributed by atoms with E-state index < -0.39 is 5.97 Å². The van der Waals surface area contributed by atoms with Gasteiger partial charge >= 0.3 is 5.97 Å². The SMILES string of the molecule is CCC(C)NC(=O)Cn1cnc2sc(C(=O)OCc3ccccc3)c(C)c2c1=O. The lowest BCUT2D eigenvalue weighted by atomic mass is 10.2. The number of thiophene rings is 1. The smallest absolute Gasteiger partial charge is 0.349 e. The lowest BCUT2D eigenvalue weighted by Crippen LogP contribution is -2.37. The number of aryl methyl sites for hydroxylation is 1. The van der Waals surface area contributed by atoms with Crippen molar-refractivity contribution in [3.8, 4) is 0 Å². The Morgan fingerprint density at radius 2 is 2.00 bits per heavy atom. The largest absolute Gasteiger partial charge is 0.457 e. The van der Waals surface area contributed by atoms with E-state index in [9.17, 15) is 14.4 Å². The lowest BCUT2D eigenvalue weighted by molar-refractivity contribution is -0.122. The highest BCUT2D eigenvalue weighted by molar-refractivity contribution is 7.20. The van der Waals surface area contributed by atoms with Crippen LogP contribution in [0.4, 0.5) is 0 Å². The maximum absolute atomic E-state index is 12.9. The van der Waals surface area contributed by atoms with Gasteiger partial charge in [0.2, 0.25) is 5.91 Å². The van der Waals surface area contributed by atoms with Crippen LogP contribution in [0.15, 0.2) is 41.5 Å². The Labute approximate surface area is 172 Å². The number of carbonyl (C=O) groups is 2. The molecule has 152 valence electrons. The van der Waals surface area contributed by atoms with Gasteiger partial charge in [-0.05, 0) is 31.4 Å². The molecule has 0 fully saturated rings. The van der Waals surface area contributed by atoms with Gasteiger partial charge in [-0.3, -0.25) is 14.2 Å². The molecule has 0 aliphatic carbocycles. The Hall–Kier alpha value is -3.00. The second-order valence-corrected chi connectivity index (χ2v) is 7.85. The fourth-order valence-electron chi connectivity index (χ4n) is 2.83. The third-order valence-electron chi connectivity index (χ3n) is 4.65. The van der Waals surface area contributed by atoms with E-state index in [1.54, 1.807) is 6.92 Å². The number of carbonyl (C=O) groups excluding carboxylic acids is 2. The predicted octanol–water partition coefficient (Wildman–Crippen LogP) is 3.04. The van der Waals surface area contributed by atoms with E-state index in [0.29, 0.717) is 20.7 Å². The Balaban J connectivity index is 1.82. The molecule has 0 aliphatic rings. The Morgan fingerprint density at radius 1 is 1.28 bits per heavy atom. The van der Waals surface area contributed by atoms with Gasteiger partial charge in [-0.1, -0.05) is 37.3 Å². The molecule has 1 aromatic carbocycles. The second kappa shape index (κ2) is 9.00. The molecule has 2 heterocycles. The molecule has 3 rings (SSSR count). The maximum atomic E-state index is 12.9. The fraction of sp³-hybridized carbons (Fsp3) is 0.333. The van der Waals surface area contributed by atoms with Crippen molar-refractivity contribution < 1.29 is 14.3 Å². The van der Waals surface area contributed by atoms with Gasteiger partial charge in [0, 0.05) is 6.04 Å². The molecule has 1 N–H and O–H groups in total. The first-order chi connectivity index (χ1) is 13.9. The van der Waals surface area contributed by atoms with Gasteiger partial charge in [0.25, 0.3) is 5.56 Å². The minimum absolute atomic E-state index is 0.0313. The summed E-state index contributed by atoms with van der Waals surface area (Å²) in [5, 5.41) is 3.17. The topological polar surface area (TPSA) is 90.3 Å². The van der Waals surface area contributed by atoms with Crippen LogP contribution in [-0.4, -0.2) is 27.5 Å². The van der Waals surface area contributed by atoms with E-state index in [1.165, 1.54) is 10.9 Å². The molecule has 1 atom stereocenters. The molecular weight excluding hydrogens is 390 g/mol. The Kier molecular flexibility index (Phi) is 6.43. The van der Waals surface area contributed by atoms with Crippen LogP contribution in [0.25, 0.3) is 10.2 Å². The highest BCUT2D eigenvalue weighted by Crippen LogP contribution is 2.27. The highest BCUT2D eigenvalue weighted by Gasteiger charge is 2.21. The zero-order valence-corrected chi connectivity index (χ0v) is 17.4. The summed E-state index contributed by atoms with van der Waals surface area (Å²) in [5.74, 6) is -0.743. The van der Waals surface area contributed by atoms with Crippen molar-refractivity contribution >= 4 is 33.4 Å². The van der Waals surface area contributed by atoms with Gasteiger partial charge in [0.15, 0.2) is 0 Å². The standard InChI is InChI=1S/C21H23N3O4S/c1-4-13(2)23-16(25)10-24-12-22-19-17(20(24)26)14(3)18(29-19)21(27)28-11-15-8-6-5-7-9-15/h5-9,12-13H,4,10-11H2,1-3H3,(H,23,25). The van der Waals surface area contributed by atoms with E-state index in [1.807, 2.05) is 44.2 Å². The minimum Gasteiger partial charge on any atom is -0.457 e. The molecule has 0 saturated heterocycles. The van der Waals surface area contributed by atoms with Crippen molar-refractivity contribution in [2.24, 2.45) is 0 Å². The molecule has 3 aromatic rings. The summed E-state index contributed by atoms with van der Waals surface area (Å²) in [4.78, 5) is 42.6. The molecule has 0 saturated carbocycles. The Morgan fingerprint density at radius 3 is 2.69 bits per heavy atom. The molecule has 0 aliphatic heterocycles. The van der Waals surface area contributed by atoms with E-state index in [4.69, 9.17) is 4.74 Å². The van der Waals surface area contributed by atoms with Gasteiger partial charge in [0.1, 0.15) is 22.9 Å². The van der Waals surface area contributed by atoms with E-state index in [2.05, 4.69) is 10.3 Å². The van der Waals surface area contributed by atoms with Gasteiger partial charge in [0.05, 0.1) is 11.7 Å². The van der Waals surface area contributed by atoms with Crippen LogP contribution in [0.2, 0.25) is 0 Å². The third kappa shape index (κ3) is 4.71. The van der Waals surface area contributed by atoms with Gasteiger partial charge in [-0.15, -0.1) is 11.3 Å². The molecule has 7 nitrogen and oxygen atoms in total. The molecule has 0 spiro atoms. The van der Waals surface area contributed by atoms with Gasteiger partial charge < -0.3 is 10.1 Å². The first-order valence-electron chi connectivity index (χ1n) is 9.39. The number of esters is 1. The van der Waals surface area contributed by atoms with Crippen molar-refractivity contribution in [1.29, 1.82) is 0 Å². The van der Waals surface area contributed by atoms with Crippen LogP contribution in [0, 0.1) is 6.92 Å². The molecule has 29 heavy (non-hydrogen) atoms. The quantitative estimate of drug-likeness (QED) is 0.601. The summed E-state index contributed by atoms with van der Waals surface area (Å²) >= 11 is 1.12. The molecule has 1 amide bonds. The minimum atomic E-state index is -0.491. The highest BCUT2D eigenvalue weighted by atomic mass is 32.1. The van der Waals surface area contributed by atoms with Crippen LogP contribution in [-0.2, 0) is 22.7 Å². The van der Waals surface area contributed by atoms with E-state index in [0.717, 1.165) is 23.3 Å². The van der Waals surface area contributed by atoms with Crippen LogP contribution >= 0.6 is 11.3 Å². The Bertz CT molecular complexity index is 1090. The van der Waals surface area contributed by atoms with E-state index in [-0.39, 0.29) is 30.7 Å². The molecular formula is C21H23N3O4S. The molecule has 8 heteroatoms. The van der Waals surface area contributed by atoms with E-state index >= 15 is 0 Å². The monoisotopic (exact) mass is 413 g/mol. The van der Waals surface area contributed by atoms with Crippen molar-refractivity contribution in [2.45, 2.75) is 46.4 Å². The summed E-state index contributed by atoms with van der Waals surface area (Å²) in [7, 11) is 0. The van der Waals surface area contributed by atoms with Crippen molar-refractivity contribution in [3.05, 3.63) is 63.0 Å². The number of benzene rings is 1. The summed E-state index contributed by atoms with van der Waals surface area (Å²) in [6.07, 6.45) is 2.14. The number of hydrogen-bond acceptors (Lipinski definition) is 6. The van der Waals surface area contributed by atoms with Crippen LogP contribution < -0.4 is 10.9 Å². The number of hydrogen-bond donors (Lipinski definition) is 1. The average molecular weight is 413 g/mol. The number of nitrogens with one attached hydrogen (secondary N) is 1.